The van der Waals surface area contributed by atoms with Crippen molar-refractivity contribution in [2.75, 3.05) is 13.1 Å². The number of halogens is 3. The van der Waals surface area contributed by atoms with Crippen molar-refractivity contribution in [1.82, 2.24) is 19.7 Å². The molecule has 2 aromatic carbocycles. The molecule has 1 N–H and O–H groups in total. The quantitative estimate of drug-likeness (QED) is 0.537. The molecule has 1 aromatic heterocycles. The van der Waals surface area contributed by atoms with Gasteiger partial charge in [0, 0.05) is 36.3 Å². The molecule has 1 heterocycles. The molecule has 0 saturated carbocycles. The minimum atomic E-state index is -1.68. The minimum Gasteiger partial charge on any atom is -0.382 e. The molecule has 0 amide bonds. The van der Waals surface area contributed by atoms with Gasteiger partial charge in [0.2, 0.25) is 0 Å². The number of hydrogen-bond acceptors (Lipinski definition) is 4. The highest BCUT2D eigenvalue weighted by Gasteiger charge is 2.35. The Morgan fingerprint density at radius 1 is 1.21 bits per heavy atom. The Bertz CT molecular complexity index is 950. The van der Waals surface area contributed by atoms with Crippen LogP contribution in [0.1, 0.15) is 11.1 Å². The smallest absolute Gasteiger partial charge is 0.137 e. The van der Waals surface area contributed by atoms with Crippen LogP contribution in [0.15, 0.2) is 67.8 Å². The van der Waals surface area contributed by atoms with Crippen molar-refractivity contribution in [2.45, 2.75) is 18.7 Å². The third-order valence-electron chi connectivity index (χ3n) is 4.51. The maximum Gasteiger partial charge on any atom is 0.137 e. The normalized spacial score (nSPS) is 13.4. The van der Waals surface area contributed by atoms with E-state index in [1.807, 2.05) is 17.0 Å². The molecule has 152 valence electrons. The number of benzene rings is 2. The lowest BCUT2D eigenvalue weighted by atomic mass is 9.92. The summed E-state index contributed by atoms with van der Waals surface area (Å²) >= 11 is 5.95. The average Bonchev–Trinajstić information content (AvgIpc) is 3.16. The van der Waals surface area contributed by atoms with Crippen LogP contribution in [-0.4, -0.2) is 37.9 Å². The molecule has 0 fully saturated rings. The van der Waals surface area contributed by atoms with Crippen molar-refractivity contribution in [1.29, 1.82) is 0 Å². The summed E-state index contributed by atoms with van der Waals surface area (Å²) in [6.45, 7) is 4.70. The Balaban J connectivity index is 1.92. The van der Waals surface area contributed by atoms with Gasteiger partial charge in [-0.25, -0.2) is 18.4 Å². The van der Waals surface area contributed by atoms with E-state index in [1.165, 1.54) is 23.4 Å². The third-order valence-corrected chi connectivity index (χ3v) is 4.77. The van der Waals surface area contributed by atoms with Gasteiger partial charge in [-0.05, 0) is 23.8 Å². The predicted octanol–water partition coefficient (Wildman–Crippen LogP) is 3.79. The minimum absolute atomic E-state index is 0.0143. The lowest BCUT2D eigenvalue weighted by Gasteiger charge is -2.34. The van der Waals surface area contributed by atoms with E-state index in [-0.39, 0.29) is 18.7 Å². The summed E-state index contributed by atoms with van der Waals surface area (Å²) in [5.74, 6) is -1.53. The van der Waals surface area contributed by atoms with E-state index >= 15 is 0 Å². The molecule has 0 aliphatic carbocycles. The van der Waals surface area contributed by atoms with Gasteiger partial charge in [-0.1, -0.05) is 35.9 Å². The van der Waals surface area contributed by atoms with Crippen molar-refractivity contribution in [3.05, 3.63) is 95.6 Å². The molecule has 3 rings (SSSR count). The first-order valence-electron chi connectivity index (χ1n) is 8.97. The number of aliphatic hydroxyl groups is 1. The van der Waals surface area contributed by atoms with Crippen LogP contribution in [0.2, 0.25) is 5.02 Å². The molecular weight excluding hydrogens is 398 g/mol. The summed E-state index contributed by atoms with van der Waals surface area (Å²) in [6, 6.07) is 10.5. The number of nitrogens with zero attached hydrogens (tertiary/aromatic N) is 4. The molecule has 0 bridgehead atoms. The Kier molecular flexibility index (Phi) is 6.74. The van der Waals surface area contributed by atoms with Crippen molar-refractivity contribution < 1.29 is 13.9 Å². The first-order valence-corrected chi connectivity index (χ1v) is 9.35. The number of aromatic nitrogens is 3. The van der Waals surface area contributed by atoms with Crippen LogP contribution in [0, 0.1) is 11.6 Å². The molecule has 1 atom stereocenters. The van der Waals surface area contributed by atoms with Gasteiger partial charge in [-0.3, -0.25) is 4.90 Å². The van der Waals surface area contributed by atoms with E-state index in [0.29, 0.717) is 18.1 Å². The zero-order valence-corrected chi connectivity index (χ0v) is 16.4. The second-order valence-electron chi connectivity index (χ2n) is 6.83. The fourth-order valence-corrected chi connectivity index (χ4v) is 3.38. The summed E-state index contributed by atoms with van der Waals surface area (Å²) in [5.41, 5.74) is -0.723. The van der Waals surface area contributed by atoms with Gasteiger partial charge in [0.05, 0.1) is 6.54 Å². The van der Waals surface area contributed by atoms with E-state index in [4.69, 9.17) is 11.6 Å². The Labute approximate surface area is 172 Å². The molecule has 0 aliphatic rings. The van der Waals surface area contributed by atoms with Gasteiger partial charge in [-0.2, -0.15) is 5.10 Å². The molecule has 0 spiro atoms. The number of rotatable bonds is 9. The zero-order valence-electron chi connectivity index (χ0n) is 15.7. The molecule has 0 unspecified atom stereocenters. The van der Waals surface area contributed by atoms with Crippen LogP contribution in [0.4, 0.5) is 8.78 Å². The van der Waals surface area contributed by atoms with Crippen LogP contribution in [0.3, 0.4) is 0 Å². The fourth-order valence-electron chi connectivity index (χ4n) is 3.26. The zero-order chi connectivity index (χ0) is 20.9. The van der Waals surface area contributed by atoms with E-state index in [1.54, 1.807) is 18.2 Å². The predicted molar refractivity (Wildman–Crippen MR) is 107 cm³/mol. The summed E-state index contributed by atoms with van der Waals surface area (Å²) in [4.78, 5) is 5.79. The van der Waals surface area contributed by atoms with Crippen molar-refractivity contribution in [2.24, 2.45) is 0 Å². The van der Waals surface area contributed by atoms with Crippen molar-refractivity contribution >= 4 is 11.6 Å². The van der Waals surface area contributed by atoms with Gasteiger partial charge in [0.1, 0.15) is 29.9 Å². The Morgan fingerprint density at radius 2 is 1.97 bits per heavy atom. The Morgan fingerprint density at radius 3 is 2.59 bits per heavy atom. The second-order valence-corrected chi connectivity index (χ2v) is 7.27. The molecule has 0 saturated heterocycles. The van der Waals surface area contributed by atoms with Crippen LogP contribution < -0.4 is 0 Å². The molecule has 0 radical (unpaired) electrons. The SMILES string of the molecule is C=CCN(Cc1ccc(Cl)cc1)C[C@](O)(Cn1cncn1)c1ccc(F)cc1F. The van der Waals surface area contributed by atoms with E-state index in [9.17, 15) is 13.9 Å². The summed E-state index contributed by atoms with van der Waals surface area (Å²) < 4.78 is 29.4. The average molecular weight is 419 g/mol. The second kappa shape index (κ2) is 9.26. The highest BCUT2D eigenvalue weighted by Crippen LogP contribution is 2.28. The highest BCUT2D eigenvalue weighted by atomic mass is 35.5. The van der Waals surface area contributed by atoms with Gasteiger partial charge in [-0.15, -0.1) is 6.58 Å². The van der Waals surface area contributed by atoms with Crippen LogP contribution in [-0.2, 0) is 18.7 Å². The van der Waals surface area contributed by atoms with Crippen LogP contribution in [0.5, 0.6) is 0 Å². The summed E-state index contributed by atoms with van der Waals surface area (Å²) in [5, 5.41) is 16.1. The number of hydrogen-bond donors (Lipinski definition) is 1. The Hall–Kier alpha value is -2.61. The highest BCUT2D eigenvalue weighted by molar-refractivity contribution is 6.30. The first kappa shape index (κ1) is 21.1. The van der Waals surface area contributed by atoms with Gasteiger partial charge >= 0.3 is 0 Å². The third kappa shape index (κ3) is 5.47. The van der Waals surface area contributed by atoms with Gasteiger partial charge < -0.3 is 5.11 Å². The monoisotopic (exact) mass is 418 g/mol. The van der Waals surface area contributed by atoms with E-state index < -0.39 is 17.2 Å². The molecule has 5 nitrogen and oxygen atoms in total. The molecule has 8 heteroatoms. The first-order chi connectivity index (χ1) is 13.9. The molecule has 3 aromatic rings. The fraction of sp³-hybridized carbons (Fsp3) is 0.238. The topological polar surface area (TPSA) is 54.2 Å². The van der Waals surface area contributed by atoms with Crippen molar-refractivity contribution in [3.8, 4) is 0 Å². The molecule has 29 heavy (non-hydrogen) atoms. The van der Waals surface area contributed by atoms with E-state index in [0.717, 1.165) is 17.7 Å². The van der Waals surface area contributed by atoms with Crippen molar-refractivity contribution in [3.63, 3.8) is 0 Å². The largest absolute Gasteiger partial charge is 0.382 e. The lowest BCUT2D eigenvalue weighted by molar-refractivity contribution is -0.0210. The van der Waals surface area contributed by atoms with Gasteiger partial charge in [0.15, 0.2) is 0 Å². The maximum absolute atomic E-state index is 14.6. The van der Waals surface area contributed by atoms with Crippen LogP contribution in [0.25, 0.3) is 0 Å². The molecular formula is C21H21ClF2N4O. The lowest BCUT2D eigenvalue weighted by Crippen LogP contribution is -2.44. The molecule has 0 aliphatic heterocycles. The standard InChI is InChI=1S/C21H21ClF2N4O/c1-2-9-27(11-16-3-5-17(22)6-4-16)12-21(29,13-28-15-25-14-26-28)19-8-7-18(23)10-20(19)24/h2-8,10,14-15,29H,1,9,11-13H2/t21-/m0/s1. The van der Waals surface area contributed by atoms with E-state index in [2.05, 4.69) is 16.7 Å². The van der Waals surface area contributed by atoms with Gasteiger partial charge in [0.25, 0.3) is 0 Å². The summed E-state index contributed by atoms with van der Waals surface area (Å²) in [6.07, 6.45) is 4.47. The maximum atomic E-state index is 14.6. The summed E-state index contributed by atoms with van der Waals surface area (Å²) in [7, 11) is 0. The van der Waals surface area contributed by atoms with Crippen LogP contribution >= 0.6 is 11.6 Å².